The molecule has 0 saturated carbocycles. The lowest BCUT2D eigenvalue weighted by atomic mass is 10.2. The SMILES string of the molecule is CCCC(CSc1n[nH]c(=O)n1C(C)C)NCC. The summed E-state index contributed by atoms with van der Waals surface area (Å²) in [6, 6.07) is 0.625. The zero-order valence-corrected chi connectivity index (χ0v) is 12.5. The first-order chi connectivity index (χ1) is 8.60. The molecule has 1 atom stereocenters. The minimum absolute atomic E-state index is 0.122. The molecule has 0 aliphatic carbocycles. The van der Waals surface area contributed by atoms with E-state index in [1.165, 1.54) is 0 Å². The van der Waals surface area contributed by atoms with Gasteiger partial charge in [0.05, 0.1) is 0 Å². The normalized spacial score (nSPS) is 13.2. The van der Waals surface area contributed by atoms with Crippen LogP contribution in [0.1, 0.15) is 46.6 Å². The van der Waals surface area contributed by atoms with E-state index < -0.39 is 0 Å². The van der Waals surface area contributed by atoms with Crippen molar-refractivity contribution in [2.24, 2.45) is 0 Å². The maximum atomic E-state index is 11.6. The Balaban J connectivity index is 2.64. The Bertz CT molecular complexity index is 393. The number of aromatic amines is 1. The maximum Gasteiger partial charge on any atom is 0.344 e. The van der Waals surface area contributed by atoms with E-state index in [0.717, 1.165) is 30.3 Å². The number of H-pyrrole nitrogens is 1. The van der Waals surface area contributed by atoms with Gasteiger partial charge >= 0.3 is 5.69 Å². The average Bonchev–Trinajstić information content (AvgIpc) is 2.68. The minimum Gasteiger partial charge on any atom is -0.313 e. The summed E-state index contributed by atoms with van der Waals surface area (Å²) in [5, 5.41) is 10.9. The maximum absolute atomic E-state index is 11.6. The van der Waals surface area contributed by atoms with Gasteiger partial charge in [-0.25, -0.2) is 9.89 Å². The van der Waals surface area contributed by atoms with Gasteiger partial charge < -0.3 is 5.32 Å². The summed E-state index contributed by atoms with van der Waals surface area (Å²) in [5.41, 5.74) is -0.122. The van der Waals surface area contributed by atoms with Crippen molar-refractivity contribution in [2.75, 3.05) is 12.3 Å². The molecule has 18 heavy (non-hydrogen) atoms. The van der Waals surface area contributed by atoms with Crippen LogP contribution in [0.2, 0.25) is 0 Å². The van der Waals surface area contributed by atoms with Gasteiger partial charge in [-0.05, 0) is 26.8 Å². The fraction of sp³-hybridized carbons (Fsp3) is 0.833. The largest absolute Gasteiger partial charge is 0.344 e. The van der Waals surface area contributed by atoms with Crippen molar-refractivity contribution in [1.82, 2.24) is 20.1 Å². The highest BCUT2D eigenvalue weighted by molar-refractivity contribution is 7.99. The molecule has 5 nitrogen and oxygen atoms in total. The highest BCUT2D eigenvalue weighted by Crippen LogP contribution is 2.18. The van der Waals surface area contributed by atoms with Crippen molar-refractivity contribution in [1.29, 1.82) is 0 Å². The van der Waals surface area contributed by atoms with Crippen LogP contribution in [-0.4, -0.2) is 33.1 Å². The number of nitrogens with zero attached hydrogens (tertiary/aromatic N) is 2. The number of hydrogen-bond donors (Lipinski definition) is 2. The lowest BCUT2D eigenvalue weighted by molar-refractivity contribution is 0.522. The molecule has 0 aliphatic heterocycles. The molecule has 0 fully saturated rings. The van der Waals surface area contributed by atoms with Crippen LogP contribution in [0.15, 0.2) is 9.95 Å². The summed E-state index contributed by atoms with van der Waals surface area (Å²) in [6.07, 6.45) is 2.31. The summed E-state index contributed by atoms with van der Waals surface area (Å²) in [7, 11) is 0. The standard InChI is InChI=1S/C12H24N4OS/c1-5-7-10(13-6-2)8-18-12-15-14-11(17)16(12)9(3)4/h9-10,13H,5-8H2,1-4H3,(H,14,17). The van der Waals surface area contributed by atoms with Gasteiger partial charge in [0.1, 0.15) is 0 Å². The highest BCUT2D eigenvalue weighted by atomic mass is 32.2. The molecule has 0 radical (unpaired) electrons. The molecule has 0 aromatic carbocycles. The van der Waals surface area contributed by atoms with Gasteiger partial charge in [0, 0.05) is 17.8 Å². The Labute approximate surface area is 113 Å². The van der Waals surface area contributed by atoms with Crippen LogP contribution in [0.25, 0.3) is 0 Å². The Morgan fingerprint density at radius 3 is 2.72 bits per heavy atom. The third-order valence-corrected chi connectivity index (χ3v) is 3.85. The monoisotopic (exact) mass is 272 g/mol. The zero-order valence-electron chi connectivity index (χ0n) is 11.7. The van der Waals surface area contributed by atoms with Gasteiger partial charge in [0.25, 0.3) is 0 Å². The molecule has 1 rings (SSSR count). The Morgan fingerprint density at radius 1 is 1.44 bits per heavy atom. The third kappa shape index (κ3) is 4.17. The predicted molar refractivity (Wildman–Crippen MR) is 76.3 cm³/mol. The molecule has 0 spiro atoms. The van der Waals surface area contributed by atoms with Crippen molar-refractivity contribution in [2.45, 2.75) is 57.8 Å². The molecular formula is C12H24N4OS. The fourth-order valence-corrected chi connectivity index (χ4v) is 3.08. The van der Waals surface area contributed by atoms with Gasteiger partial charge in [-0.15, -0.1) is 5.10 Å². The summed E-state index contributed by atoms with van der Waals surface area (Å²) in [5.74, 6) is 0.943. The van der Waals surface area contributed by atoms with E-state index in [0.29, 0.717) is 6.04 Å². The van der Waals surface area contributed by atoms with Gasteiger partial charge in [-0.3, -0.25) is 4.57 Å². The summed E-state index contributed by atoms with van der Waals surface area (Å²) in [6.45, 7) is 9.27. The first-order valence-electron chi connectivity index (χ1n) is 6.63. The predicted octanol–water partition coefficient (Wildman–Crippen LogP) is 2.02. The van der Waals surface area contributed by atoms with Crippen LogP contribution in [0.4, 0.5) is 0 Å². The molecule has 1 unspecified atom stereocenters. The molecule has 1 aromatic rings. The molecule has 104 valence electrons. The number of nitrogens with one attached hydrogen (secondary N) is 2. The van der Waals surface area contributed by atoms with Crippen LogP contribution in [0, 0.1) is 0 Å². The van der Waals surface area contributed by atoms with E-state index >= 15 is 0 Å². The second kappa shape index (κ2) is 7.63. The van der Waals surface area contributed by atoms with Gasteiger partial charge in [0.15, 0.2) is 5.16 Å². The van der Waals surface area contributed by atoms with Gasteiger partial charge in [0.2, 0.25) is 0 Å². The molecule has 0 bridgehead atoms. The number of hydrogen-bond acceptors (Lipinski definition) is 4. The van der Waals surface area contributed by atoms with Crippen molar-refractivity contribution >= 4 is 11.8 Å². The van der Waals surface area contributed by atoms with Crippen molar-refractivity contribution in [3.8, 4) is 0 Å². The summed E-state index contributed by atoms with van der Waals surface area (Å²) in [4.78, 5) is 11.6. The number of aromatic nitrogens is 3. The molecule has 2 N–H and O–H groups in total. The quantitative estimate of drug-likeness (QED) is 0.711. The van der Waals surface area contributed by atoms with Crippen LogP contribution in [0.3, 0.4) is 0 Å². The third-order valence-electron chi connectivity index (χ3n) is 2.73. The van der Waals surface area contributed by atoms with Crippen LogP contribution in [-0.2, 0) is 0 Å². The lowest BCUT2D eigenvalue weighted by Crippen LogP contribution is -2.31. The van der Waals surface area contributed by atoms with Crippen molar-refractivity contribution in [3.63, 3.8) is 0 Å². The molecule has 0 saturated heterocycles. The topological polar surface area (TPSA) is 62.7 Å². The second-order valence-corrected chi connectivity index (χ2v) is 5.62. The second-order valence-electron chi connectivity index (χ2n) is 4.63. The van der Waals surface area contributed by atoms with E-state index in [-0.39, 0.29) is 11.7 Å². The molecule has 0 amide bonds. The minimum atomic E-state index is -0.122. The Morgan fingerprint density at radius 2 is 2.17 bits per heavy atom. The number of thioether (sulfide) groups is 1. The van der Waals surface area contributed by atoms with E-state index in [4.69, 9.17) is 0 Å². The first kappa shape index (κ1) is 15.3. The average molecular weight is 272 g/mol. The smallest absolute Gasteiger partial charge is 0.313 e. The highest BCUT2D eigenvalue weighted by Gasteiger charge is 2.14. The summed E-state index contributed by atoms with van der Waals surface area (Å²) >= 11 is 1.64. The van der Waals surface area contributed by atoms with Crippen LogP contribution in [0.5, 0.6) is 0 Å². The van der Waals surface area contributed by atoms with Gasteiger partial charge in [-0.1, -0.05) is 32.0 Å². The Hall–Kier alpha value is -0.750. The van der Waals surface area contributed by atoms with E-state index in [2.05, 4.69) is 29.4 Å². The van der Waals surface area contributed by atoms with Gasteiger partial charge in [-0.2, -0.15) is 0 Å². The van der Waals surface area contributed by atoms with Crippen molar-refractivity contribution in [3.05, 3.63) is 10.5 Å². The molecular weight excluding hydrogens is 248 g/mol. The lowest BCUT2D eigenvalue weighted by Gasteiger charge is -2.16. The van der Waals surface area contributed by atoms with Crippen molar-refractivity contribution < 1.29 is 0 Å². The molecule has 6 heteroatoms. The molecule has 0 aliphatic rings. The zero-order chi connectivity index (χ0) is 13.5. The van der Waals surface area contributed by atoms with Crippen LogP contribution >= 0.6 is 11.8 Å². The van der Waals surface area contributed by atoms with Crippen LogP contribution < -0.4 is 11.0 Å². The van der Waals surface area contributed by atoms with E-state index in [1.807, 2.05) is 13.8 Å². The summed E-state index contributed by atoms with van der Waals surface area (Å²) < 4.78 is 1.71. The van der Waals surface area contributed by atoms with E-state index in [9.17, 15) is 4.79 Å². The molecule has 1 heterocycles. The number of rotatable bonds is 8. The fourth-order valence-electron chi connectivity index (χ4n) is 1.90. The first-order valence-corrected chi connectivity index (χ1v) is 7.61. The molecule has 1 aromatic heterocycles. The van der Waals surface area contributed by atoms with E-state index in [1.54, 1.807) is 16.3 Å². The Kier molecular flexibility index (Phi) is 6.49.